The molecule has 1 amide bonds. The van der Waals surface area contributed by atoms with Crippen molar-refractivity contribution in [2.24, 2.45) is 0 Å². The molecular formula is C18H16N2O3S3. The number of thiocarbonyl (C=S) groups is 1. The molecule has 3 rings (SSSR count). The number of hydrogen-bond acceptors (Lipinski definition) is 6. The van der Waals surface area contributed by atoms with E-state index in [1.165, 1.54) is 4.90 Å². The van der Waals surface area contributed by atoms with Crippen molar-refractivity contribution in [3.05, 3.63) is 47.0 Å². The SMILES string of the molecule is CSCC[C@@H](C(=O)O)N1C(=O)/C(=C\c2ccc3ncccc3c2)SC1=S. The van der Waals surface area contributed by atoms with Gasteiger partial charge >= 0.3 is 5.97 Å². The Bertz CT molecular complexity index is 913. The van der Waals surface area contributed by atoms with Gasteiger partial charge in [-0.2, -0.15) is 11.8 Å². The molecule has 0 radical (unpaired) electrons. The van der Waals surface area contributed by atoms with Crippen LogP contribution in [0.1, 0.15) is 12.0 Å². The van der Waals surface area contributed by atoms with E-state index in [0.717, 1.165) is 28.2 Å². The highest BCUT2D eigenvalue weighted by molar-refractivity contribution is 8.26. The van der Waals surface area contributed by atoms with E-state index in [-0.39, 0.29) is 10.2 Å². The molecule has 5 nitrogen and oxygen atoms in total. The Morgan fingerprint density at radius 1 is 1.46 bits per heavy atom. The Hall–Kier alpha value is -1.90. The predicted octanol–water partition coefficient (Wildman–Crippen LogP) is 3.64. The van der Waals surface area contributed by atoms with Crippen molar-refractivity contribution in [1.29, 1.82) is 0 Å². The molecule has 1 fully saturated rings. The first-order valence-corrected chi connectivity index (χ1v) is 10.5. The molecule has 0 aliphatic carbocycles. The molecule has 1 atom stereocenters. The largest absolute Gasteiger partial charge is 0.480 e. The number of thioether (sulfide) groups is 2. The number of carboxylic acids is 1. The van der Waals surface area contributed by atoms with E-state index in [2.05, 4.69) is 4.98 Å². The minimum Gasteiger partial charge on any atom is -0.480 e. The summed E-state index contributed by atoms with van der Waals surface area (Å²) in [6, 6.07) is 8.59. The highest BCUT2D eigenvalue weighted by Gasteiger charge is 2.40. The molecular weight excluding hydrogens is 388 g/mol. The monoisotopic (exact) mass is 404 g/mol. The number of aromatic nitrogens is 1. The molecule has 1 aromatic carbocycles. The van der Waals surface area contributed by atoms with Gasteiger partial charge in [0.05, 0.1) is 10.4 Å². The lowest BCUT2D eigenvalue weighted by Gasteiger charge is -2.22. The number of pyridine rings is 1. The molecule has 2 aromatic rings. The molecule has 0 unspecified atom stereocenters. The molecule has 1 aliphatic heterocycles. The van der Waals surface area contributed by atoms with Crippen LogP contribution >= 0.6 is 35.7 Å². The first kappa shape index (κ1) is 18.9. The van der Waals surface area contributed by atoms with Crippen LogP contribution in [0.15, 0.2) is 41.4 Å². The van der Waals surface area contributed by atoms with Gasteiger partial charge in [-0.3, -0.25) is 14.7 Å². The van der Waals surface area contributed by atoms with Gasteiger partial charge in [-0.05, 0) is 48.3 Å². The number of aliphatic carboxylic acids is 1. The summed E-state index contributed by atoms with van der Waals surface area (Å²) < 4.78 is 0.289. The maximum atomic E-state index is 12.8. The molecule has 1 N–H and O–H groups in total. The molecule has 1 aromatic heterocycles. The molecule has 2 heterocycles. The number of benzene rings is 1. The van der Waals surface area contributed by atoms with Crippen LogP contribution in [0.5, 0.6) is 0 Å². The lowest BCUT2D eigenvalue weighted by Crippen LogP contribution is -2.44. The topological polar surface area (TPSA) is 70.5 Å². The maximum Gasteiger partial charge on any atom is 0.326 e. The first-order valence-electron chi connectivity index (χ1n) is 7.85. The van der Waals surface area contributed by atoms with Crippen molar-refractivity contribution in [3.8, 4) is 0 Å². The lowest BCUT2D eigenvalue weighted by atomic mass is 10.1. The number of carbonyl (C=O) groups is 2. The number of amides is 1. The Labute approximate surface area is 164 Å². The van der Waals surface area contributed by atoms with E-state index in [1.54, 1.807) is 24.0 Å². The smallest absolute Gasteiger partial charge is 0.326 e. The maximum absolute atomic E-state index is 12.8. The summed E-state index contributed by atoms with van der Waals surface area (Å²) in [5, 5.41) is 10.5. The van der Waals surface area contributed by atoms with Crippen LogP contribution in [0.2, 0.25) is 0 Å². The van der Waals surface area contributed by atoms with Gasteiger partial charge in [-0.25, -0.2) is 4.79 Å². The van der Waals surface area contributed by atoms with Crippen molar-refractivity contribution in [3.63, 3.8) is 0 Å². The average molecular weight is 405 g/mol. The number of nitrogens with zero attached hydrogens (tertiary/aromatic N) is 2. The highest BCUT2D eigenvalue weighted by atomic mass is 32.2. The van der Waals surface area contributed by atoms with E-state index < -0.39 is 12.0 Å². The lowest BCUT2D eigenvalue weighted by molar-refractivity contribution is -0.145. The van der Waals surface area contributed by atoms with Gasteiger partial charge in [0.2, 0.25) is 0 Å². The third-order valence-electron chi connectivity index (χ3n) is 3.94. The van der Waals surface area contributed by atoms with Crippen molar-refractivity contribution in [2.45, 2.75) is 12.5 Å². The molecule has 1 saturated heterocycles. The van der Waals surface area contributed by atoms with Crippen molar-refractivity contribution >= 4 is 68.9 Å². The molecule has 0 saturated carbocycles. The van der Waals surface area contributed by atoms with Crippen LogP contribution < -0.4 is 0 Å². The summed E-state index contributed by atoms with van der Waals surface area (Å²) in [4.78, 5) is 30.3. The normalized spacial score (nSPS) is 17.3. The molecule has 0 spiro atoms. The second kappa shape index (κ2) is 8.20. The quantitative estimate of drug-likeness (QED) is 0.582. The van der Waals surface area contributed by atoms with Crippen molar-refractivity contribution < 1.29 is 14.7 Å². The van der Waals surface area contributed by atoms with E-state index in [1.807, 2.05) is 36.6 Å². The van der Waals surface area contributed by atoms with Crippen LogP contribution in [-0.4, -0.2) is 49.2 Å². The van der Waals surface area contributed by atoms with Crippen LogP contribution in [0, 0.1) is 0 Å². The average Bonchev–Trinajstić information content (AvgIpc) is 2.89. The fourth-order valence-corrected chi connectivity index (χ4v) is 4.49. The van der Waals surface area contributed by atoms with Gasteiger partial charge in [-0.15, -0.1) is 0 Å². The van der Waals surface area contributed by atoms with E-state index in [4.69, 9.17) is 12.2 Å². The fourth-order valence-electron chi connectivity index (χ4n) is 2.68. The zero-order valence-corrected chi connectivity index (χ0v) is 16.4. The van der Waals surface area contributed by atoms with Crippen LogP contribution in [0.4, 0.5) is 0 Å². The molecule has 134 valence electrons. The standard InChI is InChI=1S/C18H16N2O3S3/c1-25-8-6-14(17(22)23)20-16(21)15(26-18(20)24)10-11-4-5-13-12(9-11)3-2-7-19-13/h2-5,7,9-10,14H,6,8H2,1H3,(H,22,23)/b15-10+/t14-/m0/s1. The summed E-state index contributed by atoms with van der Waals surface area (Å²) in [5.41, 5.74) is 1.72. The zero-order valence-electron chi connectivity index (χ0n) is 13.9. The van der Waals surface area contributed by atoms with Gasteiger partial charge in [0, 0.05) is 11.6 Å². The summed E-state index contributed by atoms with van der Waals surface area (Å²) in [6.45, 7) is 0. The van der Waals surface area contributed by atoms with Gasteiger partial charge in [0.1, 0.15) is 10.4 Å². The zero-order chi connectivity index (χ0) is 18.7. The third kappa shape index (κ3) is 3.92. The second-order valence-corrected chi connectivity index (χ2v) is 8.30. The van der Waals surface area contributed by atoms with E-state index in [0.29, 0.717) is 17.1 Å². The van der Waals surface area contributed by atoms with Crippen molar-refractivity contribution in [1.82, 2.24) is 9.88 Å². The summed E-state index contributed by atoms with van der Waals surface area (Å²) >= 11 is 7.97. The van der Waals surface area contributed by atoms with Crippen LogP contribution in [-0.2, 0) is 9.59 Å². The number of rotatable bonds is 6. The van der Waals surface area contributed by atoms with E-state index in [9.17, 15) is 14.7 Å². The molecule has 1 aliphatic rings. The number of carbonyl (C=O) groups excluding carboxylic acids is 1. The minimum atomic E-state index is -1.03. The highest BCUT2D eigenvalue weighted by Crippen LogP contribution is 2.35. The summed E-state index contributed by atoms with van der Waals surface area (Å²) in [7, 11) is 0. The van der Waals surface area contributed by atoms with Gasteiger partial charge in [0.25, 0.3) is 5.91 Å². The fraction of sp³-hybridized carbons (Fsp3) is 0.222. The Balaban J connectivity index is 1.89. The second-order valence-electron chi connectivity index (χ2n) is 5.64. The van der Waals surface area contributed by atoms with Crippen molar-refractivity contribution in [2.75, 3.05) is 12.0 Å². The summed E-state index contributed by atoms with van der Waals surface area (Å²) in [5.74, 6) is -0.738. The number of hydrogen-bond donors (Lipinski definition) is 1. The summed E-state index contributed by atoms with van der Waals surface area (Å²) in [6.07, 6.45) is 5.74. The van der Waals surface area contributed by atoms with Crippen LogP contribution in [0.25, 0.3) is 17.0 Å². The third-order valence-corrected chi connectivity index (χ3v) is 5.91. The molecule has 8 heteroatoms. The Kier molecular flexibility index (Phi) is 5.95. The van der Waals surface area contributed by atoms with Gasteiger partial charge in [-0.1, -0.05) is 36.1 Å². The predicted molar refractivity (Wildman–Crippen MR) is 111 cm³/mol. The number of carboxylic acid groups (broad SMARTS) is 1. The van der Waals surface area contributed by atoms with Gasteiger partial charge in [0.15, 0.2) is 0 Å². The minimum absolute atomic E-state index is 0.289. The Morgan fingerprint density at radius 3 is 3.00 bits per heavy atom. The first-order chi connectivity index (χ1) is 12.5. The Morgan fingerprint density at radius 2 is 2.27 bits per heavy atom. The molecule has 0 bridgehead atoms. The van der Waals surface area contributed by atoms with Crippen LogP contribution in [0.3, 0.4) is 0 Å². The van der Waals surface area contributed by atoms with E-state index >= 15 is 0 Å². The molecule has 26 heavy (non-hydrogen) atoms. The number of fused-ring (bicyclic) bond motifs is 1. The van der Waals surface area contributed by atoms with Gasteiger partial charge < -0.3 is 5.11 Å².